The van der Waals surface area contributed by atoms with Gasteiger partial charge in [-0.05, 0) is 37.3 Å². The number of hydrogen-bond acceptors (Lipinski definition) is 3. The van der Waals surface area contributed by atoms with Gasteiger partial charge in [0.2, 0.25) is 0 Å². The van der Waals surface area contributed by atoms with Gasteiger partial charge in [0.25, 0.3) is 0 Å². The fourth-order valence-corrected chi connectivity index (χ4v) is 3.72. The average Bonchev–Trinajstić information content (AvgIpc) is 2.46. The van der Waals surface area contributed by atoms with E-state index >= 15 is 0 Å². The van der Waals surface area contributed by atoms with E-state index < -0.39 is 20.9 Å². The van der Waals surface area contributed by atoms with Crippen LogP contribution in [0.2, 0.25) is 10.0 Å². The number of rotatable bonds is 4. The van der Waals surface area contributed by atoms with E-state index in [0.717, 1.165) is 0 Å². The van der Waals surface area contributed by atoms with Gasteiger partial charge in [0.15, 0.2) is 15.6 Å². The van der Waals surface area contributed by atoms with E-state index in [-0.39, 0.29) is 15.5 Å². The van der Waals surface area contributed by atoms with Crippen molar-refractivity contribution in [2.24, 2.45) is 0 Å². The van der Waals surface area contributed by atoms with E-state index in [9.17, 15) is 13.2 Å². The molecule has 21 heavy (non-hydrogen) atoms. The molecule has 0 radical (unpaired) electrons. The molecule has 0 bridgehead atoms. The van der Waals surface area contributed by atoms with Crippen LogP contribution in [-0.4, -0.2) is 19.5 Å². The third kappa shape index (κ3) is 3.28. The Morgan fingerprint density at radius 3 is 2.24 bits per heavy atom. The van der Waals surface area contributed by atoms with Crippen molar-refractivity contribution in [2.75, 3.05) is 0 Å². The van der Waals surface area contributed by atoms with E-state index in [4.69, 9.17) is 23.2 Å². The summed E-state index contributed by atoms with van der Waals surface area (Å²) in [4.78, 5) is 12.5. The van der Waals surface area contributed by atoms with Crippen LogP contribution in [0.15, 0.2) is 53.4 Å². The first-order valence-electron chi connectivity index (χ1n) is 6.12. The summed E-state index contributed by atoms with van der Waals surface area (Å²) in [6.07, 6.45) is 0. The second kappa shape index (κ2) is 6.18. The Bertz CT molecular complexity index is 771. The Hall–Kier alpha value is -1.36. The Morgan fingerprint density at radius 1 is 1.05 bits per heavy atom. The van der Waals surface area contributed by atoms with Crippen LogP contribution < -0.4 is 0 Å². The highest BCUT2D eigenvalue weighted by molar-refractivity contribution is 7.92. The van der Waals surface area contributed by atoms with Crippen LogP contribution in [0, 0.1) is 0 Å². The standard InChI is InChI=1S/C15H12Cl2O3S/c1-10(21(19,20)12-5-3-2-4-6-12)15(18)13-8-7-11(16)9-14(13)17/h2-10H,1H3. The van der Waals surface area contributed by atoms with Gasteiger partial charge in [0, 0.05) is 10.6 Å². The van der Waals surface area contributed by atoms with Crippen molar-refractivity contribution in [3.05, 3.63) is 64.1 Å². The van der Waals surface area contributed by atoms with Crippen molar-refractivity contribution < 1.29 is 13.2 Å². The molecule has 0 heterocycles. The number of halogens is 2. The number of benzene rings is 2. The molecule has 0 aliphatic heterocycles. The lowest BCUT2D eigenvalue weighted by Gasteiger charge is -2.13. The van der Waals surface area contributed by atoms with E-state index in [1.807, 2.05) is 0 Å². The van der Waals surface area contributed by atoms with Gasteiger partial charge in [-0.1, -0.05) is 41.4 Å². The monoisotopic (exact) mass is 342 g/mol. The zero-order valence-corrected chi connectivity index (χ0v) is 13.4. The smallest absolute Gasteiger partial charge is 0.188 e. The molecule has 2 aromatic rings. The van der Waals surface area contributed by atoms with E-state index in [1.165, 1.54) is 37.3 Å². The van der Waals surface area contributed by atoms with E-state index in [2.05, 4.69) is 0 Å². The highest BCUT2D eigenvalue weighted by Gasteiger charge is 2.31. The minimum Gasteiger partial charge on any atom is -0.293 e. The summed E-state index contributed by atoms with van der Waals surface area (Å²) in [6, 6.07) is 12.2. The van der Waals surface area contributed by atoms with Gasteiger partial charge >= 0.3 is 0 Å². The molecular weight excluding hydrogens is 331 g/mol. The maximum atomic E-state index is 12.4. The summed E-state index contributed by atoms with van der Waals surface area (Å²) in [5.41, 5.74) is 0.146. The molecule has 2 aromatic carbocycles. The molecule has 6 heteroatoms. The Balaban J connectivity index is 2.40. The molecule has 1 unspecified atom stereocenters. The highest BCUT2D eigenvalue weighted by Crippen LogP contribution is 2.25. The number of carbonyl (C=O) groups excluding carboxylic acids is 1. The van der Waals surface area contributed by atoms with Crippen LogP contribution in [0.25, 0.3) is 0 Å². The lowest BCUT2D eigenvalue weighted by atomic mass is 10.1. The minimum atomic E-state index is -3.75. The fraction of sp³-hybridized carbons (Fsp3) is 0.133. The van der Waals surface area contributed by atoms with Crippen molar-refractivity contribution in [2.45, 2.75) is 17.1 Å². The van der Waals surface area contributed by atoms with E-state index in [0.29, 0.717) is 5.02 Å². The van der Waals surface area contributed by atoms with Crippen LogP contribution in [0.4, 0.5) is 0 Å². The maximum absolute atomic E-state index is 12.4. The molecule has 0 aliphatic rings. The van der Waals surface area contributed by atoms with Gasteiger partial charge in [0.1, 0.15) is 5.25 Å². The van der Waals surface area contributed by atoms with Crippen LogP contribution in [0.5, 0.6) is 0 Å². The first kappa shape index (κ1) is 16.0. The zero-order chi connectivity index (χ0) is 15.6. The lowest BCUT2D eigenvalue weighted by Crippen LogP contribution is -2.27. The van der Waals surface area contributed by atoms with Gasteiger partial charge in [-0.15, -0.1) is 0 Å². The summed E-state index contributed by atoms with van der Waals surface area (Å²) < 4.78 is 24.9. The molecule has 0 aromatic heterocycles. The summed E-state index contributed by atoms with van der Waals surface area (Å²) in [5, 5.41) is -0.698. The van der Waals surface area contributed by atoms with Crippen molar-refractivity contribution in [3.63, 3.8) is 0 Å². The number of ketones is 1. The van der Waals surface area contributed by atoms with Gasteiger partial charge < -0.3 is 0 Å². The molecule has 0 saturated carbocycles. The summed E-state index contributed by atoms with van der Waals surface area (Å²) in [6.45, 7) is 1.36. The number of carbonyl (C=O) groups is 1. The second-order valence-electron chi connectivity index (χ2n) is 4.49. The SMILES string of the molecule is CC(C(=O)c1ccc(Cl)cc1Cl)S(=O)(=O)c1ccccc1. The molecule has 0 N–H and O–H groups in total. The summed E-state index contributed by atoms with van der Waals surface area (Å²) >= 11 is 11.7. The zero-order valence-electron chi connectivity index (χ0n) is 11.1. The molecular formula is C15H12Cl2O3S. The third-order valence-corrected chi connectivity index (χ3v) is 5.73. The molecule has 2 rings (SSSR count). The largest absolute Gasteiger partial charge is 0.293 e. The molecule has 0 spiro atoms. The lowest BCUT2D eigenvalue weighted by molar-refractivity contribution is 0.0991. The molecule has 0 amide bonds. The topological polar surface area (TPSA) is 51.2 Å². The minimum absolute atomic E-state index is 0.107. The Labute approximate surface area is 133 Å². The van der Waals surface area contributed by atoms with Crippen molar-refractivity contribution in [1.29, 1.82) is 0 Å². The van der Waals surface area contributed by atoms with Gasteiger partial charge in [-0.25, -0.2) is 8.42 Å². The molecule has 0 fully saturated rings. The normalized spacial score (nSPS) is 12.9. The van der Waals surface area contributed by atoms with Crippen molar-refractivity contribution in [3.8, 4) is 0 Å². The van der Waals surface area contributed by atoms with Crippen LogP contribution in [0.3, 0.4) is 0 Å². The third-order valence-electron chi connectivity index (χ3n) is 3.10. The van der Waals surface area contributed by atoms with Gasteiger partial charge in [0.05, 0.1) is 9.92 Å². The number of hydrogen-bond donors (Lipinski definition) is 0. The van der Waals surface area contributed by atoms with Gasteiger partial charge in [-0.3, -0.25) is 4.79 Å². The fourth-order valence-electron chi connectivity index (χ4n) is 1.86. The summed E-state index contributed by atoms with van der Waals surface area (Å²) in [7, 11) is -3.75. The predicted molar refractivity (Wildman–Crippen MR) is 83.9 cm³/mol. The maximum Gasteiger partial charge on any atom is 0.188 e. The van der Waals surface area contributed by atoms with Crippen molar-refractivity contribution in [1.82, 2.24) is 0 Å². The quantitative estimate of drug-likeness (QED) is 0.788. The Morgan fingerprint density at radius 2 is 1.67 bits per heavy atom. The van der Waals surface area contributed by atoms with Crippen LogP contribution in [-0.2, 0) is 9.84 Å². The number of sulfone groups is 1. The van der Waals surface area contributed by atoms with Crippen LogP contribution >= 0.6 is 23.2 Å². The van der Waals surface area contributed by atoms with Crippen LogP contribution in [0.1, 0.15) is 17.3 Å². The molecule has 3 nitrogen and oxygen atoms in total. The highest BCUT2D eigenvalue weighted by atomic mass is 35.5. The molecule has 0 aliphatic carbocycles. The second-order valence-corrected chi connectivity index (χ2v) is 7.60. The summed E-state index contributed by atoms with van der Waals surface area (Å²) in [5.74, 6) is -0.555. The molecule has 0 saturated heterocycles. The van der Waals surface area contributed by atoms with Gasteiger partial charge in [-0.2, -0.15) is 0 Å². The molecule has 1 atom stereocenters. The first-order valence-corrected chi connectivity index (χ1v) is 8.42. The first-order chi connectivity index (χ1) is 9.84. The Kier molecular flexibility index (Phi) is 4.71. The average molecular weight is 343 g/mol. The predicted octanol–water partition coefficient (Wildman–Crippen LogP) is 4.04. The van der Waals surface area contributed by atoms with Crippen molar-refractivity contribution >= 4 is 38.8 Å². The number of Topliss-reactive ketones (excluding diaryl/α,β-unsaturated/α-hetero) is 1. The molecule has 110 valence electrons. The van der Waals surface area contributed by atoms with E-state index in [1.54, 1.807) is 18.2 Å².